The van der Waals surface area contributed by atoms with Crippen molar-refractivity contribution in [2.75, 3.05) is 0 Å². The van der Waals surface area contributed by atoms with Gasteiger partial charge in [-0.2, -0.15) is 0 Å². The van der Waals surface area contributed by atoms with E-state index in [4.69, 9.17) is 0 Å². The van der Waals surface area contributed by atoms with Crippen LogP contribution in [0.1, 0.15) is 37.7 Å². The first kappa shape index (κ1) is 17.2. The zero-order chi connectivity index (χ0) is 18.3. The SMILES string of the molecule is CC1=C(I)C(C)=[N+]2C1=C(C)c1c(C)c(-c3cccs3)c(C)n1[B-]2(F)F. The molecule has 4 rings (SSSR count). The van der Waals surface area contributed by atoms with E-state index in [1.54, 1.807) is 18.3 Å². The van der Waals surface area contributed by atoms with Crippen molar-refractivity contribution in [3.8, 4) is 10.4 Å². The molecule has 130 valence electrons. The topological polar surface area (TPSA) is 7.94 Å². The molecule has 0 aliphatic carbocycles. The van der Waals surface area contributed by atoms with Gasteiger partial charge in [0.1, 0.15) is 5.71 Å². The highest BCUT2D eigenvalue weighted by Crippen LogP contribution is 2.47. The number of halogens is 3. The predicted octanol–water partition coefficient (Wildman–Crippen LogP) is 6.00. The van der Waals surface area contributed by atoms with E-state index in [2.05, 4.69) is 22.6 Å². The van der Waals surface area contributed by atoms with Crippen molar-refractivity contribution < 1.29 is 13.1 Å². The van der Waals surface area contributed by atoms with Crippen molar-refractivity contribution in [2.24, 2.45) is 0 Å². The second-order valence-electron chi connectivity index (χ2n) is 6.74. The smallest absolute Gasteiger partial charge is 0.393 e. The fourth-order valence-electron chi connectivity index (χ4n) is 4.40. The molecule has 0 radical (unpaired) electrons. The molecular weight excluding hydrogens is 452 g/mol. The van der Waals surface area contributed by atoms with Gasteiger partial charge in [0.25, 0.3) is 0 Å². The molecule has 2 aromatic rings. The van der Waals surface area contributed by atoms with Gasteiger partial charge in [0, 0.05) is 34.2 Å². The summed E-state index contributed by atoms with van der Waals surface area (Å²) in [7, 11) is 0. The lowest BCUT2D eigenvalue weighted by molar-refractivity contribution is -0.363. The molecular formula is C18H18BF2IN2S. The molecule has 0 spiro atoms. The molecule has 2 nitrogen and oxygen atoms in total. The number of fused-ring (bicyclic) bond motifs is 2. The van der Waals surface area contributed by atoms with Gasteiger partial charge in [-0.15, -0.1) is 11.3 Å². The van der Waals surface area contributed by atoms with Crippen LogP contribution in [-0.4, -0.2) is 21.6 Å². The molecule has 0 unspecified atom stereocenters. The van der Waals surface area contributed by atoms with Crippen molar-refractivity contribution in [3.05, 3.63) is 49.3 Å². The van der Waals surface area contributed by atoms with Crippen LogP contribution < -0.4 is 0 Å². The zero-order valence-electron chi connectivity index (χ0n) is 14.7. The van der Waals surface area contributed by atoms with E-state index in [1.807, 2.05) is 45.2 Å². The lowest BCUT2D eigenvalue weighted by Crippen LogP contribution is -2.51. The second-order valence-corrected chi connectivity index (χ2v) is 8.76. The Bertz CT molecular complexity index is 1030. The zero-order valence-corrected chi connectivity index (χ0v) is 17.7. The standard InChI is InChI=1S/C18H18BF2IN2S/c1-9-15(14-7-6-8-25-14)12(4)23-17(9)11(3)18-10(2)16(22)13(5)24(18)19(23,20)21/h6-8H,1-5H3. The van der Waals surface area contributed by atoms with E-state index in [1.165, 1.54) is 8.96 Å². The van der Waals surface area contributed by atoms with E-state index in [0.717, 1.165) is 30.7 Å². The summed E-state index contributed by atoms with van der Waals surface area (Å²) in [5.74, 6) is 0. The summed E-state index contributed by atoms with van der Waals surface area (Å²) in [5, 5.41) is 1.99. The number of aromatic nitrogens is 1. The third-order valence-corrected chi connectivity index (χ3v) is 7.87. The average molecular weight is 470 g/mol. The molecule has 0 saturated carbocycles. The molecule has 2 aromatic heterocycles. The molecule has 0 atom stereocenters. The van der Waals surface area contributed by atoms with Crippen molar-refractivity contribution >= 4 is 52.2 Å². The minimum atomic E-state index is -3.91. The Morgan fingerprint density at radius 3 is 2.40 bits per heavy atom. The van der Waals surface area contributed by atoms with Gasteiger partial charge in [0.15, 0.2) is 5.70 Å². The summed E-state index contributed by atoms with van der Waals surface area (Å²) in [5.41, 5.74) is 6.41. The van der Waals surface area contributed by atoms with Gasteiger partial charge < -0.3 is 17.6 Å². The van der Waals surface area contributed by atoms with Gasteiger partial charge in [-0.3, -0.25) is 0 Å². The largest absolute Gasteiger partial charge is 0.737 e. The minimum absolute atomic E-state index is 0.644. The quantitative estimate of drug-likeness (QED) is 0.357. The summed E-state index contributed by atoms with van der Waals surface area (Å²) in [6, 6.07) is 3.97. The summed E-state index contributed by atoms with van der Waals surface area (Å²) >= 11 is 3.78. The molecule has 4 heterocycles. The van der Waals surface area contributed by atoms with Crippen molar-refractivity contribution in [1.82, 2.24) is 4.48 Å². The van der Waals surface area contributed by atoms with Crippen LogP contribution in [0.15, 0.2) is 32.4 Å². The molecule has 0 N–H and O–H groups in total. The molecule has 0 saturated heterocycles. The Kier molecular flexibility index (Phi) is 3.71. The highest BCUT2D eigenvalue weighted by Gasteiger charge is 2.56. The highest BCUT2D eigenvalue weighted by atomic mass is 127. The maximum Gasteiger partial charge on any atom is 0.737 e. The minimum Gasteiger partial charge on any atom is -0.393 e. The normalized spacial score (nSPS) is 19.0. The molecule has 2 aliphatic rings. The summed E-state index contributed by atoms with van der Waals surface area (Å²) in [6.45, 7) is 5.57. The molecule has 0 amide bonds. The van der Waals surface area contributed by atoms with Crippen LogP contribution in [0.25, 0.3) is 16.0 Å². The van der Waals surface area contributed by atoms with Crippen LogP contribution in [0.4, 0.5) is 8.63 Å². The Labute approximate surface area is 163 Å². The van der Waals surface area contributed by atoms with Crippen LogP contribution in [0.5, 0.6) is 0 Å². The van der Waals surface area contributed by atoms with Gasteiger partial charge in [-0.1, -0.05) is 6.07 Å². The van der Waals surface area contributed by atoms with Gasteiger partial charge in [0.2, 0.25) is 0 Å². The molecule has 7 heteroatoms. The van der Waals surface area contributed by atoms with E-state index >= 15 is 8.63 Å². The molecule has 0 aromatic carbocycles. The van der Waals surface area contributed by atoms with Crippen molar-refractivity contribution in [3.63, 3.8) is 0 Å². The second kappa shape index (κ2) is 5.39. The number of hydrogen-bond acceptors (Lipinski definition) is 1. The number of hydrogen-bond donors (Lipinski definition) is 0. The highest BCUT2D eigenvalue weighted by molar-refractivity contribution is 14.1. The van der Waals surface area contributed by atoms with Crippen LogP contribution in [-0.2, 0) is 0 Å². The number of allylic oxidation sites excluding steroid dienone is 3. The van der Waals surface area contributed by atoms with Crippen molar-refractivity contribution in [1.29, 1.82) is 0 Å². The first-order valence-corrected chi connectivity index (χ1v) is 10.1. The maximum atomic E-state index is 15.7. The average Bonchev–Trinajstić information content (AvgIpc) is 3.20. The third kappa shape index (κ3) is 2.02. The van der Waals surface area contributed by atoms with Gasteiger partial charge >= 0.3 is 6.97 Å². The van der Waals surface area contributed by atoms with Crippen LogP contribution in [0, 0.1) is 13.8 Å². The third-order valence-electron chi connectivity index (χ3n) is 5.40. The summed E-state index contributed by atoms with van der Waals surface area (Å²) in [4.78, 5) is 1.05. The number of rotatable bonds is 1. The summed E-state index contributed by atoms with van der Waals surface area (Å²) < 4.78 is 34.9. The van der Waals surface area contributed by atoms with E-state index in [9.17, 15) is 0 Å². The number of nitrogens with zero attached hydrogens (tertiary/aromatic N) is 2. The van der Waals surface area contributed by atoms with Gasteiger partial charge in [0.05, 0.1) is 3.58 Å². The van der Waals surface area contributed by atoms with E-state index in [0.29, 0.717) is 22.8 Å². The molecule has 25 heavy (non-hydrogen) atoms. The Morgan fingerprint density at radius 1 is 1.12 bits per heavy atom. The monoisotopic (exact) mass is 470 g/mol. The Morgan fingerprint density at radius 2 is 1.80 bits per heavy atom. The lowest BCUT2D eigenvalue weighted by Gasteiger charge is -2.32. The van der Waals surface area contributed by atoms with E-state index < -0.39 is 6.97 Å². The van der Waals surface area contributed by atoms with Gasteiger partial charge in [-0.05, 0) is 73.0 Å². The fraction of sp³-hybridized carbons (Fsp3) is 0.278. The number of thiophene rings is 1. The van der Waals surface area contributed by atoms with E-state index in [-0.39, 0.29) is 0 Å². The van der Waals surface area contributed by atoms with Crippen LogP contribution in [0.2, 0.25) is 0 Å². The fourth-order valence-corrected chi connectivity index (χ4v) is 5.79. The van der Waals surface area contributed by atoms with Crippen molar-refractivity contribution in [2.45, 2.75) is 34.6 Å². The van der Waals surface area contributed by atoms with Gasteiger partial charge in [-0.25, -0.2) is 0 Å². The predicted molar refractivity (Wildman–Crippen MR) is 111 cm³/mol. The first-order valence-electron chi connectivity index (χ1n) is 8.18. The lowest BCUT2D eigenvalue weighted by atomic mass is 9.86. The van der Waals surface area contributed by atoms with Crippen LogP contribution >= 0.6 is 33.9 Å². The maximum absolute atomic E-state index is 15.7. The Hall–Kier alpha value is -1.22. The Balaban J connectivity index is 2.15. The molecule has 2 aliphatic heterocycles. The summed E-state index contributed by atoms with van der Waals surface area (Å²) in [6.07, 6.45) is 0. The molecule has 0 fully saturated rings. The molecule has 0 bridgehead atoms. The first-order chi connectivity index (χ1) is 11.7. The van der Waals surface area contributed by atoms with Crippen LogP contribution in [0.3, 0.4) is 0 Å².